The van der Waals surface area contributed by atoms with Crippen LogP contribution in [0.15, 0.2) is 41.7 Å². The number of hydrogen-bond donors (Lipinski definition) is 0. The molecule has 0 unspecified atom stereocenters. The molecule has 0 aromatic heterocycles. The van der Waals surface area contributed by atoms with Gasteiger partial charge in [0.05, 0.1) is 0 Å². The maximum Gasteiger partial charge on any atom is 0.149 e. The number of hydrogen-bond acceptors (Lipinski definition) is 2. The fraction of sp³-hybridized carbons (Fsp3) is 0.476. The molecule has 0 atom stereocenters. The molecule has 2 aliphatic rings. The smallest absolute Gasteiger partial charge is 0.149 e. The summed E-state index contributed by atoms with van der Waals surface area (Å²) < 4.78 is 6.10. The molecule has 0 N–H and O–H groups in total. The molecule has 1 aliphatic heterocycles. The van der Waals surface area contributed by atoms with Gasteiger partial charge in [-0.1, -0.05) is 45.0 Å². The minimum Gasteiger partial charge on any atom is -0.461 e. The fourth-order valence-electron chi connectivity index (χ4n) is 2.88. The van der Waals surface area contributed by atoms with Crippen LogP contribution in [0.3, 0.4) is 0 Å². The molecule has 1 heterocycles. The summed E-state index contributed by atoms with van der Waals surface area (Å²) in [6.45, 7) is 6.64. The van der Waals surface area contributed by atoms with Crippen LogP contribution in [0.25, 0.3) is 5.76 Å². The zero-order valence-corrected chi connectivity index (χ0v) is 14.4. The van der Waals surface area contributed by atoms with Gasteiger partial charge in [-0.2, -0.15) is 0 Å². The van der Waals surface area contributed by atoms with Crippen molar-refractivity contribution in [2.45, 2.75) is 58.8 Å². The summed E-state index contributed by atoms with van der Waals surface area (Å²) in [5.41, 5.74) is 3.56. The van der Waals surface area contributed by atoms with Gasteiger partial charge in [-0.3, -0.25) is 4.79 Å². The third kappa shape index (κ3) is 4.13. The van der Waals surface area contributed by atoms with E-state index < -0.39 is 0 Å². The molecule has 0 amide bonds. The molecule has 1 saturated carbocycles. The van der Waals surface area contributed by atoms with Crippen LogP contribution in [0.2, 0.25) is 0 Å². The molecule has 1 fully saturated rings. The number of allylic oxidation sites excluding steroid dienone is 3. The van der Waals surface area contributed by atoms with Crippen molar-refractivity contribution >= 4 is 12.0 Å². The zero-order chi connectivity index (χ0) is 16.4. The van der Waals surface area contributed by atoms with Crippen LogP contribution in [-0.2, 0) is 9.53 Å². The van der Waals surface area contributed by atoms with Gasteiger partial charge < -0.3 is 4.74 Å². The number of ether oxygens (including phenoxy) is 1. The summed E-state index contributed by atoms with van der Waals surface area (Å²) in [4.78, 5) is 11.3. The Balaban J connectivity index is 1.72. The molecule has 122 valence electrons. The van der Waals surface area contributed by atoms with Gasteiger partial charge in [-0.25, -0.2) is 0 Å². The lowest BCUT2D eigenvalue weighted by atomic mass is 9.89. The van der Waals surface area contributed by atoms with Crippen molar-refractivity contribution in [3.05, 3.63) is 52.8 Å². The van der Waals surface area contributed by atoms with Crippen molar-refractivity contribution in [1.82, 2.24) is 0 Å². The first-order valence-electron chi connectivity index (χ1n) is 8.62. The van der Waals surface area contributed by atoms with Crippen LogP contribution in [0.5, 0.6) is 0 Å². The van der Waals surface area contributed by atoms with Crippen molar-refractivity contribution in [3.8, 4) is 0 Å². The lowest BCUT2D eigenvalue weighted by molar-refractivity contribution is -0.105. The highest BCUT2D eigenvalue weighted by Gasteiger charge is 2.24. The Morgan fingerprint density at radius 3 is 2.43 bits per heavy atom. The first-order valence-corrected chi connectivity index (χ1v) is 8.62. The zero-order valence-electron chi connectivity index (χ0n) is 14.4. The van der Waals surface area contributed by atoms with Crippen molar-refractivity contribution < 1.29 is 9.53 Å². The Hall–Kier alpha value is -1.83. The number of carbonyl (C=O) groups excluding carboxylic acids is 1. The highest BCUT2D eigenvalue weighted by Crippen LogP contribution is 2.40. The van der Waals surface area contributed by atoms with Crippen LogP contribution < -0.4 is 0 Å². The van der Waals surface area contributed by atoms with Crippen LogP contribution in [0, 0.1) is 5.41 Å². The third-order valence-corrected chi connectivity index (χ3v) is 4.59. The maximum atomic E-state index is 11.3. The van der Waals surface area contributed by atoms with E-state index in [2.05, 4.69) is 45.0 Å². The van der Waals surface area contributed by atoms with Crippen LogP contribution >= 0.6 is 0 Å². The van der Waals surface area contributed by atoms with E-state index in [9.17, 15) is 4.79 Å². The molecule has 0 spiro atoms. The minimum absolute atomic E-state index is 0.234. The van der Waals surface area contributed by atoms with Crippen LogP contribution in [0.1, 0.15) is 69.9 Å². The lowest BCUT2D eigenvalue weighted by Gasteiger charge is -2.23. The summed E-state index contributed by atoms with van der Waals surface area (Å²) in [7, 11) is 0. The molecule has 23 heavy (non-hydrogen) atoms. The van der Waals surface area contributed by atoms with Gasteiger partial charge in [0.25, 0.3) is 0 Å². The summed E-state index contributed by atoms with van der Waals surface area (Å²) in [5.74, 6) is 2.51. The van der Waals surface area contributed by atoms with Crippen molar-refractivity contribution in [2.75, 3.05) is 0 Å². The molecule has 2 nitrogen and oxygen atoms in total. The largest absolute Gasteiger partial charge is 0.461 e. The van der Waals surface area contributed by atoms with Gasteiger partial charge in [-0.15, -0.1) is 0 Å². The van der Waals surface area contributed by atoms with Crippen molar-refractivity contribution in [3.63, 3.8) is 0 Å². The van der Waals surface area contributed by atoms with Gasteiger partial charge in [-0.05, 0) is 42.2 Å². The molecule has 0 saturated heterocycles. The van der Waals surface area contributed by atoms with E-state index in [1.54, 1.807) is 0 Å². The maximum absolute atomic E-state index is 11.3. The first kappa shape index (κ1) is 16.0. The Morgan fingerprint density at radius 1 is 1.17 bits per heavy atom. The monoisotopic (exact) mass is 310 g/mol. The van der Waals surface area contributed by atoms with E-state index in [-0.39, 0.29) is 5.41 Å². The van der Waals surface area contributed by atoms with E-state index in [0.717, 1.165) is 47.7 Å². The average molecular weight is 310 g/mol. The Kier molecular flexibility index (Phi) is 4.43. The minimum atomic E-state index is 0.234. The van der Waals surface area contributed by atoms with Gasteiger partial charge in [0.1, 0.15) is 17.8 Å². The Labute approximate surface area is 139 Å². The quantitative estimate of drug-likeness (QED) is 0.661. The normalized spacial score (nSPS) is 18.5. The molecular weight excluding hydrogens is 284 g/mol. The summed E-state index contributed by atoms with van der Waals surface area (Å²) in [5, 5.41) is 0. The van der Waals surface area contributed by atoms with Gasteiger partial charge in [0, 0.05) is 24.0 Å². The highest BCUT2D eigenvalue weighted by molar-refractivity contribution is 5.77. The van der Waals surface area contributed by atoms with Gasteiger partial charge >= 0.3 is 0 Å². The summed E-state index contributed by atoms with van der Waals surface area (Å²) in [6, 6.07) is 8.72. The van der Waals surface area contributed by atoms with Crippen LogP contribution in [0.4, 0.5) is 0 Å². The molecule has 0 radical (unpaired) electrons. The third-order valence-electron chi connectivity index (χ3n) is 4.59. The first-order chi connectivity index (χ1) is 11.0. The molecule has 1 aliphatic carbocycles. The van der Waals surface area contributed by atoms with Gasteiger partial charge in [0.2, 0.25) is 0 Å². The number of rotatable bonds is 5. The van der Waals surface area contributed by atoms with Gasteiger partial charge in [0.15, 0.2) is 0 Å². The highest BCUT2D eigenvalue weighted by atomic mass is 16.5. The molecule has 3 rings (SSSR count). The lowest BCUT2D eigenvalue weighted by Crippen LogP contribution is -2.10. The Bertz CT molecular complexity index is 637. The Morgan fingerprint density at radius 2 is 1.87 bits per heavy atom. The SMILES string of the molecule is CC(C)(C)CCC1=C(C=O)CC=C(c2ccc(C3CC3)cc2)O1. The predicted molar refractivity (Wildman–Crippen MR) is 93.9 cm³/mol. The molecule has 1 aromatic carbocycles. The predicted octanol–water partition coefficient (Wildman–Crippen LogP) is 5.60. The second-order valence-electron chi connectivity index (χ2n) is 7.90. The number of benzene rings is 1. The second kappa shape index (κ2) is 6.35. The topological polar surface area (TPSA) is 26.3 Å². The van der Waals surface area contributed by atoms with E-state index in [1.807, 2.05) is 6.08 Å². The number of aldehydes is 1. The van der Waals surface area contributed by atoms with Crippen LogP contribution in [-0.4, -0.2) is 6.29 Å². The fourth-order valence-corrected chi connectivity index (χ4v) is 2.88. The average Bonchev–Trinajstić information content (AvgIpc) is 3.37. The summed E-state index contributed by atoms with van der Waals surface area (Å²) in [6.07, 6.45) is 8.10. The molecule has 2 heteroatoms. The molecular formula is C21H26O2. The molecule has 1 aromatic rings. The van der Waals surface area contributed by atoms with Crippen molar-refractivity contribution in [2.24, 2.45) is 5.41 Å². The van der Waals surface area contributed by atoms with E-state index >= 15 is 0 Å². The standard InChI is InChI=1S/C21H26O2/c1-21(2,3)13-12-20-18(14-22)10-11-19(23-20)17-8-6-16(7-9-17)15-4-5-15/h6-9,11,14-15H,4-5,10,12-13H2,1-3H3. The van der Waals surface area contributed by atoms with E-state index in [0.29, 0.717) is 6.42 Å². The second-order valence-corrected chi connectivity index (χ2v) is 7.90. The van der Waals surface area contributed by atoms with E-state index in [1.165, 1.54) is 18.4 Å². The molecule has 0 bridgehead atoms. The van der Waals surface area contributed by atoms with Crippen molar-refractivity contribution in [1.29, 1.82) is 0 Å². The van der Waals surface area contributed by atoms with E-state index in [4.69, 9.17) is 4.74 Å². The number of carbonyl (C=O) groups is 1. The summed E-state index contributed by atoms with van der Waals surface area (Å²) >= 11 is 0.